The maximum Gasteiger partial charge on any atom is 0.273 e. The van der Waals surface area contributed by atoms with Crippen LogP contribution in [-0.2, 0) is 26.2 Å². The molecule has 3 rings (SSSR count). The Balaban J connectivity index is 2.09. The third-order valence-electron chi connectivity index (χ3n) is 6.36. The molecule has 0 aliphatic rings. The Bertz CT molecular complexity index is 1530. The number of nitrogens with zero attached hydrogens (tertiary/aromatic N) is 3. The average Bonchev–Trinajstić information content (AvgIpc) is 2.94. The molecular formula is C28H31ClN4O7S. The SMILES string of the molecule is CCNC(=O)[C@H](C)N(Cc1cccc(Cl)c1)C(=O)CN(c1ccc(OC)cc1)S(=O)(=O)c1ccc(C)c([N+](=O)[O-])c1. The second kappa shape index (κ2) is 13.5. The van der Waals surface area contributed by atoms with Crippen molar-refractivity contribution >= 4 is 44.8 Å². The van der Waals surface area contributed by atoms with E-state index in [9.17, 15) is 28.1 Å². The van der Waals surface area contributed by atoms with E-state index in [4.69, 9.17) is 16.3 Å². The van der Waals surface area contributed by atoms with E-state index in [0.717, 1.165) is 10.4 Å². The average molecular weight is 603 g/mol. The van der Waals surface area contributed by atoms with Gasteiger partial charge < -0.3 is 15.0 Å². The smallest absolute Gasteiger partial charge is 0.273 e. The summed E-state index contributed by atoms with van der Waals surface area (Å²) in [5.41, 5.74) is 0.662. The van der Waals surface area contributed by atoms with Gasteiger partial charge in [-0.1, -0.05) is 29.8 Å². The predicted octanol–water partition coefficient (Wildman–Crippen LogP) is 4.31. The molecule has 41 heavy (non-hydrogen) atoms. The van der Waals surface area contributed by atoms with Crippen LogP contribution in [0.5, 0.6) is 5.75 Å². The molecule has 0 heterocycles. The quantitative estimate of drug-likeness (QED) is 0.241. The van der Waals surface area contributed by atoms with E-state index in [0.29, 0.717) is 22.9 Å². The van der Waals surface area contributed by atoms with Crippen molar-refractivity contribution in [3.05, 3.63) is 93.0 Å². The minimum Gasteiger partial charge on any atom is -0.497 e. The number of nitro benzene ring substituents is 1. The van der Waals surface area contributed by atoms with Crippen LogP contribution in [0, 0.1) is 17.0 Å². The van der Waals surface area contributed by atoms with E-state index < -0.39 is 39.3 Å². The molecule has 3 aromatic carbocycles. The number of hydrogen-bond acceptors (Lipinski definition) is 7. The summed E-state index contributed by atoms with van der Waals surface area (Å²) in [6.45, 7) is 4.40. The van der Waals surface area contributed by atoms with Gasteiger partial charge in [-0.15, -0.1) is 0 Å². The summed E-state index contributed by atoms with van der Waals surface area (Å²) in [4.78, 5) is 38.4. The lowest BCUT2D eigenvalue weighted by atomic mass is 10.1. The maximum absolute atomic E-state index is 13.9. The number of anilines is 1. The Hall–Kier alpha value is -4.16. The first-order valence-corrected chi connectivity index (χ1v) is 14.4. The molecule has 2 amide bonds. The number of ether oxygens (including phenoxy) is 1. The van der Waals surface area contributed by atoms with Crippen LogP contribution in [0.4, 0.5) is 11.4 Å². The summed E-state index contributed by atoms with van der Waals surface area (Å²) in [5.74, 6) is -0.642. The maximum atomic E-state index is 13.9. The van der Waals surface area contributed by atoms with Crippen LogP contribution < -0.4 is 14.4 Å². The molecule has 1 N–H and O–H groups in total. The van der Waals surface area contributed by atoms with Crippen LogP contribution in [0.3, 0.4) is 0 Å². The number of benzene rings is 3. The molecule has 0 aliphatic carbocycles. The highest BCUT2D eigenvalue weighted by Crippen LogP contribution is 2.29. The molecule has 218 valence electrons. The zero-order chi connectivity index (χ0) is 30.3. The Kier molecular flexibility index (Phi) is 10.3. The van der Waals surface area contributed by atoms with Crippen molar-refractivity contribution in [3.63, 3.8) is 0 Å². The number of hydrogen-bond donors (Lipinski definition) is 1. The molecule has 11 nitrogen and oxygen atoms in total. The van der Waals surface area contributed by atoms with E-state index in [1.165, 1.54) is 55.3 Å². The van der Waals surface area contributed by atoms with Gasteiger partial charge in [0.1, 0.15) is 18.3 Å². The number of amides is 2. The lowest BCUT2D eigenvalue weighted by molar-refractivity contribution is -0.385. The number of carbonyl (C=O) groups excluding carboxylic acids is 2. The Labute approximate surface area is 243 Å². The third kappa shape index (κ3) is 7.53. The highest BCUT2D eigenvalue weighted by Gasteiger charge is 2.33. The van der Waals surface area contributed by atoms with E-state index in [-0.39, 0.29) is 28.4 Å². The topological polar surface area (TPSA) is 139 Å². The predicted molar refractivity (Wildman–Crippen MR) is 156 cm³/mol. The van der Waals surface area contributed by atoms with Crippen molar-refractivity contribution in [2.45, 2.75) is 38.3 Å². The first-order valence-electron chi connectivity index (χ1n) is 12.6. The van der Waals surface area contributed by atoms with Crippen LogP contribution in [-0.4, -0.2) is 56.3 Å². The number of nitro groups is 1. The number of halogens is 1. The fourth-order valence-electron chi connectivity index (χ4n) is 4.09. The zero-order valence-corrected chi connectivity index (χ0v) is 24.6. The minimum atomic E-state index is -4.49. The van der Waals surface area contributed by atoms with Gasteiger partial charge in [-0.05, 0) is 68.8 Å². The molecule has 0 bridgehead atoms. The van der Waals surface area contributed by atoms with E-state index in [1.54, 1.807) is 38.1 Å². The molecule has 0 aliphatic heterocycles. The highest BCUT2D eigenvalue weighted by atomic mass is 35.5. The van der Waals surface area contributed by atoms with Crippen LogP contribution in [0.15, 0.2) is 71.6 Å². The fraction of sp³-hybridized carbons (Fsp3) is 0.286. The Morgan fingerprint density at radius 1 is 1.10 bits per heavy atom. The number of likely N-dealkylation sites (N-methyl/N-ethyl adjacent to an activating group) is 1. The van der Waals surface area contributed by atoms with Crippen molar-refractivity contribution in [2.75, 3.05) is 24.5 Å². The van der Waals surface area contributed by atoms with Crippen molar-refractivity contribution in [1.82, 2.24) is 10.2 Å². The number of carbonyl (C=O) groups is 2. The summed E-state index contributed by atoms with van der Waals surface area (Å²) in [7, 11) is -3.04. The van der Waals surface area contributed by atoms with Gasteiger partial charge in [0.2, 0.25) is 11.8 Å². The first-order chi connectivity index (χ1) is 19.4. The number of rotatable bonds is 12. The number of aryl methyl sites for hydroxylation is 1. The van der Waals surface area contributed by atoms with E-state index in [1.807, 2.05) is 0 Å². The molecule has 0 fully saturated rings. The number of methoxy groups -OCH3 is 1. The second-order valence-electron chi connectivity index (χ2n) is 9.14. The van der Waals surface area contributed by atoms with Crippen LogP contribution in [0.1, 0.15) is 25.0 Å². The molecule has 0 radical (unpaired) electrons. The summed E-state index contributed by atoms with van der Waals surface area (Å²) < 4.78 is 33.9. The molecule has 0 saturated heterocycles. The fourth-order valence-corrected chi connectivity index (χ4v) is 5.73. The first kappa shape index (κ1) is 31.4. The third-order valence-corrected chi connectivity index (χ3v) is 8.37. The molecule has 3 aromatic rings. The highest BCUT2D eigenvalue weighted by molar-refractivity contribution is 7.92. The Morgan fingerprint density at radius 3 is 2.37 bits per heavy atom. The van der Waals surface area contributed by atoms with E-state index >= 15 is 0 Å². The number of sulfonamides is 1. The monoisotopic (exact) mass is 602 g/mol. The van der Waals surface area contributed by atoms with Gasteiger partial charge in [0.15, 0.2) is 0 Å². The Morgan fingerprint density at radius 2 is 1.78 bits per heavy atom. The van der Waals surface area contributed by atoms with Crippen molar-refractivity contribution in [3.8, 4) is 5.75 Å². The van der Waals surface area contributed by atoms with Gasteiger partial charge in [0.25, 0.3) is 15.7 Å². The molecule has 0 saturated carbocycles. The van der Waals surface area contributed by atoms with Crippen LogP contribution >= 0.6 is 11.6 Å². The standard InChI is InChI=1S/C28H31ClN4O7S/c1-5-30-28(35)20(3)31(17-21-7-6-8-22(29)15-21)27(34)18-32(23-10-12-24(40-4)13-11-23)41(38,39)25-14-9-19(2)26(16-25)33(36)37/h6-16,20H,5,17-18H2,1-4H3,(H,30,35)/t20-/m0/s1. The van der Waals surface area contributed by atoms with Crippen LogP contribution in [0.25, 0.3) is 0 Å². The molecule has 0 aromatic heterocycles. The normalized spacial score (nSPS) is 11.8. The molecule has 0 unspecified atom stereocenters. The van der Waals surface area contributed by atoms with Gasteiger partial charge in [-0.3, -0.25) is 24.0 Å². The van der Waals surface area contributed by atoms with Crippen molar-refractivity contribution in [1.29, 1.82) is 0 Å². The van der Waals surface area contributed by atoms with Crippen LogP contribution in [0.2, 0.25) is 5.02 Å². The van der Waals surface area contributed by atoms with Gasteiger partial charge in [-0.25, -0.2) is 8.42 Å². The summed E-state index contributed by atoms with van der Waals surface area (Å²) in [6.07, 6.45) is 0. The summed E-state index contributed by atoms with van der Waals surface area (Å²) in [5, 5.41) is 14.7. The summed E-state index contributed by atoms with van der Waals surface area (Å²) >= 11 is 6.13. The number of nitrogens with one attached hydrogen (secondary N) is 1. The molecular weight excluding hydrogens is 572 g/mol. The van der Waals surface area contributed by atoms with Gasteiger partial charge in [0, 0.05) is 29.7 Å². The molecule has 0 spiro atoms. The minimum absolute atomic E-state index is 0.0236. The molecule has 1 atom stereocenters. The van der Waals surface area contributed by atoms with Gasteiger partial charge >= 0.3 is 0 Å². The zero-order valence-electron chi connectivity index (χ0n) is 23.0. The lowest BCUT2D eigenvalue weighted by Gasteiger charge is -2.32. The largest absolute Gasteiger partial charge is 0.497 e. The lowest BCUT2D eigenvalue weighted by Crippen LogP contribution is -2.51. The second-order valence-corrected chi connectivity index (χ2v) is 11.4. The van der Waals surface area contributed by atoms with Crippen molar-refractivity contribution < 1.29 is 27.7 Å². The van der Waals surface area contributed by atoms with Crippen molar-refractivity contribution in [2.24, 2.45) is 0 Å². The van der Waals surface area contributed by atoms with Gasteiger partial charge in [-0.2, -0.15) is 0 Å². The molecule has 13 heteroatoms. The van der Waals surface area contributed by atoms with Gasteiger partial charge in [0.05, 0.1) is 22.6 Å². The summed E-state index contributed by atoms with van der Waals surface area (Å²) in [6, 6.07) is 15.3. The van der Waals surface area contributed by atoms with E-state index in [2.05, 4.69) is 5.32 Å².